The van der Waals surface area contributed by atoms with Crippen molar-refractivity contribution in [2.45, 2.75) is 12.3 Å². The molecule has 15 heavy (non-hydrogen) atoms. The molecule has 0 radical (unpaired) electrons. The highest BCUT2D eigenvalue weighted by molar-refractivity contribution is 7.71. The molecule has 0 aromatic carbocycles. The van der Waals surface area contributed by atoms with Gasteiger partial charge in [-0.1, -0.05) is 4.85 Å². The van der Waals surface area contributed by atoms with Gasteiger partial charge in [0.15, 0.2) is 11.7 Å². The Hall–Kier alpha value is -0.720. The second-order valence-electron chi connectivity index (χ2n) is 2.66. The summed E-state index contributed by atoms with van der Waals surface area (Å²) in [5, 5.41) is 1.54. The van der Waals surface area contributed by atoms with Crippen LogP contribution in [-0.2, 0) is 9.13 Å². The van der Waals surface area contributed by atoms with Crippen LogP contribution in [0.2, 0.25) is 0 Å². The van der Waals surface area contributed by atoms with Gasteiger partial charge in [0.1, 0.15) is 6.33 Å². The summed E-state index contributed by atoms with van der Waals surface area (Å²) in [6, 6.07) is 0. The van der Waals surface area contributed by atoms with Gasteiger partial charge in [0.2, 0.25) is 0 Å². The van der Waals surface area contributed by atoms with Gasteiger partial charge in [-0.2, -0.15) is 0 Å². The molecule has 0 fully saturated rings. The van der Waals surface area contributed by atoms with Gasteiger partial charge in [-0.05, 0) is 6.92 Å². The van der Waals surface area contributed by atoms with Crippen molar-refractivity contribution in [3.05, 3.63) is 12.7 Å². The molecule has 3 N–H and O–H groups in total. The maximum absolute atomic E-state index is 11.4. The molecule has 0 bridgehead atoms. The first-order chi connectivity index (χ1) is 6.73. The van der Waals surface area contributed by atoms with E-state index in [0.717, 1.165) is 19.6 Å². The van der Waals surface area contributed by atoms with Crippen LogP contribution < -0.4 is 4.62 Å². The molecule has 0 aliphatic carbocycles. The van der Waals surface area contributed by atoms with E-state index in [1.54, 1.807) is 0 Å². The molecule has 1 heterocycles. The third-order valence-electron chi connectivity index (χ3n) is 1.56. The predicted octanol–water partition coefficient (Wildman–Crippen LogP) is -0.584. The topological polar surface area (TPSA) is 135 Å². The molecular formula is C4H9N3O6P2. The molecule has 0 aliphatic heterocycles. The Morgan fingerprint density at radius 3 is 2.40 bits per heavy atom. The Balaban J connectivity index is 2.85. The summed E-state index contributed by atoms with van der Waals surface area (Å²) >= 11 is 0. The quantitative estimate of drug-likeness (QED) is 0.609. The highest BCUT2D eigenvalue weighted by Crippen LogP contribution is 2.60. The van der Waals surface area contributed by atoms with Crippen molar-refractivity contribution in [1.82, 2.24) is 14.9 Å². The van der Waals surface area contributed by atoms with Crippen molar-refractivity contribution in [3.63, 3.8) is 0 Å². The summed E-state index contributed by atoms with van der Waals surface area (Å²) in [7, 11) is -9.19. The Morgan fingerprint density at radius 1 is 1.40 bits per heavy atom. The molecule has 0 spiro atoms. The highest BCUT2D eigenvalue weighted by atomic mass is 31.2. The predicted molar refractivity (Wildman–Crippen MR) is 47.9 cm³/mol. The Bertz CT molecular complexity index is 412. The molecule has 0 amide bonds. The van der Waals surface area contributed by atoms with Gasteiger partial charge in [-0.15, -0.1) is 5.10 Å². The number of hydrogen-bond acceptors (Lipinski definition) is 5. The molecule has 1 rings (SSSR count). The van der Waals surface area contributed by atoms with Crippen LogP contribution in [0.4, 0.5) is 0 Å². The Kier molecular flexibility index (Phi) is 3.32. The van der Waals surface area contributed by atoms with E-state index in [-0.39, 0.29) is 0 Å². The summed E-state index contributed by atoms with van der Waals surface area (Å²) < 4.78 is 26.5. The highest BCUT2D eigenvalue weighted by Gasteiger charge is 2.43. The smallest absolute Gasteiger partial charge is 0.324 e. The summed E-state index contributed by atoms with van der Waals surface area (Å²) in [6.07, 6.45) is 2.03. The molecule has 11 heteroatoms. The normalized spacial score (nSPS) is 18.1. The van der Waals surface area contributed by atoms with E-state index in [4.69, 9.17) is 9.79 Å². The first kappa shape index (κ1) is 12.4. The van der Waals surface area contributed by atoms with Gasteiger partial charge in [-0.25, -0.2) is 9.55 Å². The minimum atomic E-state index is -4.70. The van der Waals surface area contributed by atoms with E-state index in [1.807, 2.05) is 0 Å². The monoisotopic (exact) mass is 257 g/mol. The molecule has 9 nitrogen and oxygen atoms in total. The largest absolute Gasteiger partial charge is 0.412 e. The van der Waals surface area contributed by atoms with E-state index >= 15 is 0 Å². The first-order valence-electron chi connectivity index (χ1n) is 3.66. The minimum absolute atomic E-state index is 0.562. The van der Waals surface area contributed by atoms with Gasteiger partial charge in [0, 0.05) is 0 Å². The summed E-state index contributed by atoms with van der Waals surface area (Å²) in [5.41, 5.74) is 0. The lowest BCUT2D eigenvalue weighted by atomic mass is 11.0. The fraction of sp³-hybridized carbons (Fsp3) is 0.500. The summed E-state index contributed by atoms with van der Waals surface area (Å²) in [6.45, 7) is 0.915. The van der Waals surface area contributed by atoms with E-state index in [1.165, 1.54) is 0 Å². The van der Waals surface area contributed by atoms with Gasteiger partial charge < -0.3 is 19.3 Å². The van der Waals surface area contributed by atoms with E-state index in [0.29, 0.717) is 4.85 Å². The fourth-order valence-corrected chi connectivity index (χ4v) is 2.73. The first-order valence-corrected chi connectivity index (χ1v) is 6.99. The van der Waals surface area contributed by atoms with Gasteiger partial charge >= 0.3 is 15.2 Å². The van der Waals surface area contributed by atoms with Crippen LogP contribution in [0.25, 0.3) is 0 Å². The van der Waals surface area contributed by atoms with Crippen molar-refractivity contribution in [2.24, 2.45) is 0 Å². The van der Waals surface area contributed by atoms with Gasteiger partial charge in [0.05, 0.1) is 0 Å². The molecule has 2 unspecified atom stereocenters. The lowest BCUT2D eigenvalue weighted by Gasteiger charge is -2.18. The minimum Gasteiger partial charge on any atom is -0.324 e. The number of aromatic nitrogens is 3. The van der Waals surface area contributed by atoms with Crippen LogP contribution in [0, 0.1) is 0 Å². The lowest BCUT2D eigenvalue weighted by Crippen LogP contribution is -2.16. The molecule has 86 valence electrons. The molecule has 0 saturated carbocycles. The van der Waals surface area contributed by atoms with Crippen molar-refractivity contribution in [3.8, 4) is 0 Å². The van der Waals surface area contributed by atoms with Crippen LogP contribution in [0.3, 0.4) is 0 Å². The van der Waals surface area contributed by atoms with E-state index in [2.05, 4.69) is 14.7 Å². The Labute approximate surface area is 84.4 Å². The fourth-order valence-electron chi connectivity index (χ4n) is 0.618. The maximum Gasteiger partial charge on any atom is 0.412 e. The van der Waals surface area contributed by atoms with Crippen molar-refractivity contribution in [2.75, 3.05) is 0 Å². The van der Waals surface area contributed by atoms with Gasteiger partial charge in [0.25, 0.3) is 0 Å². The summed E-state index contributed by atoms with van der Waals surface area (Å²) in [5.74, 6) is 0. The number of nitrogens with zero attached hydrogens (tertiary/aromatic N) is 3. The van der Waals surface area contributed by atoms with Crippen LogP contribution in [0.15, 0.2) is 12.7 Å². The second kappa shape index (κ2) is 4.03. The zero-order valence-corrected chi connectivity index (χ0v) is 9.32. The van der Waals surface area contributed by atoms with Crippen LogP contribution in [0.5, 0.6) is 0 Å². The molecular weight excluding hydrogens is 248 g/mol. The molecule has 2 atom stereocenters. The zero-order chi connectivity index (χ0) is 11.7. The van der Waals surface area contributed by atoms with Crippen molar-refractivity contribution >= 4 is 15.2 Å². The van der Waals surface area contributed by atoms with E-state index in [9.17, 15) is 14.0 Å². The summed E-state index contributed by atoms with van der Waals surface area (Å²) in [4.78, 5) is 30.6. The SMILES string of the molecule is CC(P(=O)(O)O)P(=O)(O)On1cncn1. The average Bonchev–Trinajstić information content (AvgIpc) is 2.53. The zero-order valence-electron chi connectivity index (χ0n) is 7.53. The number of rotatable bonds is 4. The van der Waals surface area contributed by atoms with E-state index < -0.39 is 20.6 Å². The Morgan fingerprint density at radius 2 is 2.00 bits per heavy atom. The molecule has 0 saturated heterocycles. The van der Waals surface area contributed by atoms with Crippen molar-refractivity contribution < 1.29 is 28.4 Å². The number of hydrogen-bond donors (Lipinski definition) is 3. The molecule has 1 aromatic heterocycles. The average molecular weight is 257 g/mol. The van der Waals surface area contributed by atoms with Crippen LogP contribution in [-0.4, -0.2) is 35.0 Å². The van der Waals surface area contributed by atoms with Crippen LogP contribution in [0.1, 0.15) is 6.92 Å². The maximum atomic E-state index is 11.4. The third-order valence-corrected chi connectivity index (χ3v) is 5.65. The standard InChI is InChI=1S/C4H9N3O6P2/c1-4(14(8,9)10)15(11,12)13-7-3-5-2-6-7/h2-4H,1H3,(H,11,12)(H2,8,9,10). The van der Waals surface area contributed by atoms with Crippen molar-refractivity contribution in [1.29, 1.82) is 0 Å². The third kappa shape index (κ3) is 3.12. The lowest BCUT2D eigenvalue weighted by molar-refractivity contribution is 0.196. The van der Waals surface area contributed by atoms with Gasteiger partial charge in [-0.3, -0.25) is 4.57 Å². The second-order valence-corrected chi connectivity index (χ2v) is 7.09. The molecule has 1 aromatic rings. The molecule has 0 aliphatic rings. The van der Waals surface area contributed by atoms with Crippen LogP contribution >= 0.6 is 15.2 Å².